The molecule has 6 aromatic rings. The van der Waals surface area contributed by atoms with Gasteiger partial charge in [0.25, 0.3) is 11.8 Å². The highest BCUT2D eigenvalue weighted by Gasteiger charge is 2.64. The second kappa shape index (κ2) is 44.6. The summed E-state index contributed by atoms with van der Waals surface area (Å²) >= 11 is 21.9. The van der Waals surface area contributed by atoms with Crippen LogP contribution < -0.4 is 49.6 Å². The van der Waals surface area contributed by atoms with Crippen molar-refractivity contribution in [1.82, 2.24) is 29.9 Å². The van der Waals surface area contributed by atoms with Gasteiger partial charge in [-0.3, -0.25) is 34.8 Å². The predicted octanol–water partition coefficient (Wildman–Crippen LogP) is 16.1. The molecule has 37 nitrogen and oxygen atoms in total. The summed E-state index contributed by atoms with van der Waals surface area (Å²) < 4.78 is 86.5. The molecule has 3 saturated heterocycles. The molecule has 0 bridgehead atoms. The summed E-state index contributed by atoms with van der Waals surface area (Å²) in [7, 11) is -1.51. The second-order valence-corrected chi connectivity index (χ2v) is 38.1. The monoisotopic (exact) mass is 2100 g/mol. The number of nitro groups is 2. The van der Waals surface area contributed by atoms with E-state index < -0.39 is 84.6 Å². The maximum absolute atomic E-state index is 12.7. The van der Waals surface area contributed by atoms with Gasteiger partial charge < -0.3 is 86.3 Å². The Morgan fingerprint density at radius 1 is 0.516 bits per heavy atom. The van der Waals surface area contributed by atoms with E-state index in [0.29, 0.717) is 100 Å². The minimum atomic E-state index is -0.604. The normalized spacial score (nSPS) is 17.0. The van der Waals surface area contributed by atoms with Crippen molar-refractivity contribution in [3.63, 3.8) is 0 Å². The highest BCUT2D eigenvalue weighted by Crippen LogP contribution is 2.45. The minimum absolute atomic E-state index is 0.0427. The van der Waals surface area contributed by atoms with Crippen LogP contribution in [0.15, 0.2) is 59.5 Å². The van der Waals surface area contributed by atoms with Crippen molar-refractivity contribution >= 4 is 182 Å². The number of hydrogen-bond acceptors (Lipinski definition) is 32. The van der Waals surface area contributed by atoms with Crippen LogP contribution in [0, 0.1) is 61.8 Å². The number of fused-ring (bicyclic) bond motifs is 4. The summed E-state index contributed by atoms with van der Waals surface area (Å²) in [5.74, 6) is 0.575. The van der Waals surface area contributed by atoms with Crippen LogP contribution in [0.25, 0.3) is 0 Å². The number of aromatic nitrogens is 6. The summed E-state index contributed by atoms with van der Waals surface area (Å²) in [6, 6.07) is 0. The summed E-state index contributed by atoms with van der Waals surface area (Å²) in [5, 5.41) is 35.2. The number of aliphatic hydroxyl groups excluding tert-OH is 1. The molecular weight excluding hydrogens is 2000 g/mol. The van der Waals surface area contributed by atoms with E-state index >= 15 is 0 Å². The van der Waals surface area contributed by atoms with Gasteiger partial charge in [0.15, 0.2) is 13.2 Å². The average Bonchev–Trinajstić information content (AvgIpc) is 1.59. The molecule has 6 aromatic heterocycles. The molecular formula is C80H109B3Br5ClN12O25. The zero-order chi connectivity index (χ0) is 95.1. The molecule has 13 rings (SSSR count). The fourth-order valence-electron chi connectivity index (χ4n) is 11.4. The average molecular weight is 2110 g/mol. The first-order valence-electron chi connectivity index (χ1n) is 39.7. The molecule has 0 atom stereocenters. The Kier molecular flexibility index (Phi) is 37.8. The van der Waals surface area contributed by atoms with E-state index in [1.807, 2.05) is 152 Å². The van der Waals surface area contributed by atoms with Crippen molar-refractivity contribution < 1.29 is 109 Å². The molecule has 0 saturated carbocycles. The lowest BCUT2D eigenvalue weighted by Gasteiger charge is -2.32. The molecule has 0 aromatic carbocycles. The van der Waals surface area contributed by atoms with Gasteiger partial charge in [-0.05, 0) is 282 Å². The Morgan fingerprint density at radius 3 is 1.32 bits per heavy atom. The third-order valence-corrected chi connectivity index (χ3v) is 24.5. The van der Waals surface area contributed by atoms with Gasteiger partial charge in [0.05, 0.1) is 69.8 Å². The number of carbonyl (C=O) groups is 5. The molecule has 7 aliphatic rings. The van der Waals surface area contributed by atoms with Crippen molar-refractivity contribution in [1.29, 1.82) is 0 Å². The number of ether oxygens (including phenoxy) is 9. The van der Waals surface area contributed by atoms with E-state index in [0.717, 1.165) is 53.4 Å². The molecule has 46 heteroatoms. The van der Waals surface area contributed by atoms with Crippen LogP contribution in [0.2, 0.25) is 5.15 Å². The summed E-state index contributed by atoms with van der Waals surface area (Å²) in [4.78, 5) is 105. The first-order valence-corrected chi connectivity index (χ1v) is 44.0. The maximum atomic E-state index is 12.7. The van der Waals surface area contributed by atoms with Crippen molar-refractivity contribution in [3.8, 4) is 29.4 Å². The van der Waals surface area contributed by atoms with Gasteiger partial charge in [0.2, 0.25) is 28.7 Å². The summed E-state index contributed by atoms with van der Waals surface area (Å²) in [5.41, 5.74) is 4.56. The smallest absolute Gasteiger partial charge is 0.474 e. The van der Waals surface area contributed by atoms with Gasteiger partial charge in [0, 0.05) is 82.7 Å². The molecule has 126 heavy (non-hydrogen) atoms. The van der Waals surface area contributed by atoms with Crippen LogP contribution in [0.4, 0.5) is 43.7 Å². The van der Waals surface area contributed by atoms with Crippen LogP contribution >= 0.6 is 91.3 Å². The highest BCUT2D eigenvalue weighted by molar-refractivity contribution is 9.11. The predicted molar refractivity (Wildman–Crippen MR) is 491 cm³/mol. The Labute approximate surface area is 781 Å². The van der Waals surface area contributed by atoms with Gasteiger partial charge in [0.1, 0.15) is 60.4 Å². The van der Waals surface area contributed by atoms with E-state index in [1.54, 1.807) is 62.3 Å². The number of anilines is 4. The molecule has 0 unspecified atom stereocenters. The molecule has 0 aliphatic carbocycles. The SMILES string of the molecule is CC1(C)OB(B2OC(C)(C)C(C)(C)O2)OC1(C)C.CCOC(=O)CO.CCOC(=O)COc1ncc(Br)c(C)c1[N+](=O)[O-].Cc1c(B2OC(C)(C)C(C)(C)O2)cnc2c1N(C(=O)OC(C)(C)C)CCO2.Cc1c(Br)cnc(Cl)c1[N+](=O)[O-].Cc1c(Br)cnc2c1N(C(=O)OC(C)(C)C)CCO2.Cc1c(Br)cnc2c1NC(=O)CO2.Cc1c(Br)cnc2c1NCCO2. The number of pyridine rings is 6. The molecule has 690 valence electrons. The fraction of sp³-hybridized carbons (Fsp3) is 0.562. The van der Waals surface area contributed by atoms with Crippen LogP contribution in [-0.2, 0) is 61.3 Å². The number of amides is 3. The largest absolute Gasteiger partial charge is 0.496 e. The molecule has 0 spiro atoms. The highest BCUT2D eigenvalue weighted by atomic mass is 79.9. The van der Waals surface area contributed by atoms with Crippen molar-refractivity contribution in [2.24, 2.45) is 0 Å². The first-order chi connectivity index (χ1) is 58.3. The number of carbonyl (C=O) groups excluding carboxylic acids is 5. The van der Waals surface area contributed by atoms with Gasteiger partial charge in [-0.2, -0.15) is 0 Å². The maximum Gasteiger partial charge on any atom is 0.496 e. The number of hydrogen-bond donors (Lipinski definition) is 3. The van der Waals surface area contributed by atoms with Crippen molar-refractivity contribution in [3.05, 3.63) is 118 Å². The lowest BCUT2D eigenvalue weighted by atomic mass is 9.49. The Balaban J connectivity index is 0.000000228. The fourth-order valence-corrected chi connectivity index (χ4v) is 13.1. The van der Waals surface area contributed by atoms with E-state index in [-0.39, 0.29) is 70.0 Å². The number of nitrogens with zero attached hydrogens (tertiary/aromatic N) is 10. The van der Waals surface area contributed by atoms with E-state index in [2.05, 4.69) is 130 Å². The molecule has 3 fully saturated rings. The van der Waals surface area contributed by atoms with Crippen LogP contribution in [0.1, 0.15) is 172 Å². The van der Waals surface area contributed by atoms with Gasteiger partial charge in [-0.15, -0.1) is 0 Å². The van der Waals surface area contributed by atoms with Gasteiger partial charge in [-0.25, -0.2) is 49.1 Å². The van der Waals surface area contributed by atoms with Gasteiger partial charge >= 0.3 is 56.6 Å². The Bertz CT molecular complexity index is 4850. The van der Waals surface area contributed by atoms with Crippen LogP contribution in [-0.4, -0.2) is 213 Å². The molecule has 3 amide bonds. The lowest BCUT2D eigenvalue weighted by molar-refractivity contribution is -0.386. The number of esters is 2. The Hall–Kier alpha value is -7.95. The van der Waals surface area contributed by atoms with Gasteiger partial charge in [-0.1, -0.05) is 11.6 Å². The lowest BCUT2D eigenvalue weighted by Crippen LogP contribution is -2.44. The molecule has 3 N–H and O–H groups in total. The Morgan fingerprint density at radius 2 is 0.889 bits per heavy atom. The second-order valence-electron chi connectivity index (χ2n) is 33.4. The van der Waals surface area contributed by atoms with Crippen LogP contribution in [0.5, 0.6) is 29.4 Å². The first kappa shape index (κ1) is 107. The molecule has 0 radical (unpaired) electrons. The number of aliphatic hydroxyl groups is 1. The van der Waals surface area contributed by atoms with E-state index in [4.69, 9.17) is 77.8 Å². The number of rotatable bonds is 10. The number of halogens is 6. The van der Waals surface area contributed by atoms with E-state index in [1.165, 1.54) is 12.4 Å². The zero-order valence-electron chi connectivity index (χ0n) is 75.5. The topological polar surface area (TPSA) is 438 Å². The molecule has 13 heterocycles. The van der Waals surface area contributed by atoms with E-state index in [9.17, 15) is 44.2 Å². The summed E-state index contributed by atoms with van der Waals surface area (Å²) in [6.45, 7) is 52.4. The quantitative estimate of drug-likeness (QED) is 0.0286. The standard InChI is InChI=1S/C19H29BN2O5.C13H17BrN2O3.C12H24B2O4.C10H11BrN2O5.C8H7BrN2O2.C8H9BrN2O.C6H4BrClN2O2.C4H8O3/c1-12-13(20-26-18(5,6)19(7,8)27-20)11-21-15-14(12)22(9-10-24-15)16(23)25-17(2,3)4;1-8-9(14)7-15-11-10(8)16(5-6-18-11)12(17)19-13(2,3)4;1-9(2)10(3,4)16-13(15-9)14-17-11(5,6)12(7,8)18-14;1-3-17-8(14)5-18-10-9(13(15)16)6(2)7(11)4-12-10;1-4-5(9)2-10-8-7(4)11-6(12)3-13-8;1-5-6(9)4-11-8-7(5)10-2-3-12-8;1-3-4(7)2-9-6(8)5(3)10(11)12;1-2-7-4(6)3-5/h11H,9-10H2,1-8H3;7H,5-6H2,1-4H3;1-8H3;4H,3,5H2,1-2H3;2H,3H2,1H3,(H,11,12);4,10H,2-3H2,1H3;2H,1H3;5H,2-3H2,1H3. The third kappa shape index (κ3) is 28.0. The zero-order valence-corrected chi connectivity index (χ0v) is 84.1. The number of nitrogens with one attached hydrogen (secondary N) is 2. The van der Waals surface area contributed by atoms with Crippen LogP contribution in [0.3, 0.4) is 0 Å². The minimum Gasteiger partial charge on any atom is -0.474 e. The van der Waals surface area contributed by atoms with Crippen molar-refractivity contribution in [2.75, 3.05) is 92.9 Å². The molecule has 7 aliphatic heterocycles. The van der Waals surface area contributed by atoms with Crippen molar-refractivity contribution in [2.45, 2.75) is 225 Å². The third-order valence-electron chi connectivity index (χ3n) is 20.2. The summed E-state index contributed by atoms with van der Waals surface area (Å²) in [6.07, 6.45) is 8.82.